The molecule has 1 fully saturated rings. The first kappa shape index (κ1) is 12.1. The minimum absolute atomic E-state index is 0.348. The molecule has 1 aromatic carbocycles. The summed E-state index contributed by atoms with van der Waals surface area (Å²) < 4.78 is 20.5. The van der Waals surface area contributed by atoms with Gasteiger partial charge in [-0.15, -0.1) is 5.10 Å². The van der Waals surface area contributed by atoms with Gasteiger partial charge in [0.2, 0.25) is 0 Å². The normalized spacial score (nSPS) is 14.6. The van der Waals surface area contributed by atoms with Crippen molar-refractivity contribution in [3.05, 3.63) is 35.9 Å². The third-order valence-corrected chi connectivity index (χ3v) is 3.15. The fraction of sp³-hybridized carbons (Fsp3) is 0.385. The van der Waals surface area contributed by atoms with Gasteiger partial charge in [0.25, 0.3) is 0 Å². The second kappa shape index (κ2) is 4.97. The lowest BCUT2D eigenvalue weighted by Gasteiger charge is -2.09. The van der Waals surface area contributed by atoms with Crippen molar-refractivity contribution >= 4 is 0 Å². The van der Waals surface area contributed by atoms with E-state index in [1.165, 1.54) is 23.6 Å². The second-order valence-corrected chi connectivity index (χ2v) is 4.61. The lowest BCUT2D eigenvalue weighted by atomic mass is 10.2. The molecule has 0 radical (unpaired) electrons. The van der Waals surface area contributed by atoms with Gasteiger partial charge < -0.3 is 10.1 Å². The molecule has 1 N–H and O–H groups in total. The van der Waals surface area contributed by atoms with Gasteiger partial charge in [-0.2, -0.15) is 0 Å². The molecule has 19 heavy (non-hydrogen) atoms. The first-order valence-corrected chi connectivity index (χ1v) is 6.25. The number of methoxy groups -OCH3 is 1. The molecule has 3 rings (SSSR count). The Labute approximate surface area is 110 Å². The maximum Gasteiger partial charge on any atom is 0.149 e. The van der Waals surface area contributed by atoms with Crippen molar-refractivity contribution in [2.45, 2.75) is 25.4 Å². The van der Waals surface area contributed by atoms with Gasteiger partial charge >= 0.3 is 0 Å². The summed E-state index contributed by atoms with van der Waals surface area (Å²) in [7, 11) is 1.55. The Morgan fingerprint density at radius 2 is 2.32 bits per heavy atom. The average molecular weight is 262 g/mol. The number of aromatic nitrogens is 3. The molecule has 0 bridgehead atoms. The van der Waals surface area contributed by atoms with E-state index in [1.54, 1.807) is 25.4 Å². The highest BCUT2D eigenvalue weighted by molar-refractivity contribution is 5.40. The van der Waals surface area contributed by atoms with Gasteiger partial charge in [0.1, 0.15) is 17.3 Å². The van der Waals surface area contributed by atoms with Crippen molar-refractivity contribution in [3.8, 4) is 11.4 Å². The van der Waals surface area contributed by atoms with E-state index in [4.69, 9.17) is 4.74 Å². The summed E-state index contributed by atoms with van der Waals surface area (Å²) in [5, 5.41) is 11.2. The third kappa shape index (κ3) is 2.58. The van der Waals surface area contributed by atoms with E-state index in [0.29, 0.717) is 24.0 Å². The SMILES string of the molecule is COc1ccc(F)c(-n2nncc2CNC2CC2)c1. The van der Waals surface area contributed by atoms with Crippen LogP contribution in [0.5, 0.6) is 5.75 Å². The fourth-order valence-corrected chi connectivity index (χ4v) is 1.90. The number of rotatable bonds is 5. The van der Waals surface area contributed by atoms with Crippen molar-refractivity contribution in [2.24, 2.45) is 0 Å². The Morgan fingerprint density at radius 3 is 3.05 bits per heavy atom. The molecule has 0 unspecified atom stereocenters. The number of hydrogen-bond donors (Lipinski definition) is 1. The number of benzene rings is 1. The molecule has 100 valence electrons. The highest BCUT2D eigenvalue weighted by Crippen LogP contribution is 2.22. The number of ether oxygens (including phenoxy) is 1. The molecule has 0 spiro atoms. The smallest absolute Gasteiger partial charge is 0.149 e. The van der Waals surface area contributed by atoms with Crippen LogP contribution in [0, 0.1) is 5.82 Å². The van der Waals surface area contributed by atoms with Crippen LogP contribution in [-0.2, 0) is 6.54 Å². The van der Waals surface area contributed by atoms with Gasteiger partial charge in [0.15, 0.2) is 0 Å². The van der Waals surface area contributed by atoms with Crippen LogP contribution in [0.4, 0.5) is 4.39 Å². The molecule has 1 aliphatic carbocycles. The molecule has 5 nitrogen and oxygen atoms in total. The minimum Gasteiger partial charge on any atom is -0.497 e. The largest absolute Gasteiger partial charge is 0.497 e. The topological polar surface area (TPSA) is 52.0 Å². The van der Waals surface area contributed by atoms with Gasteiger partial charge in [0, 0.05) is 18.7 Å². The van der Waals surface area contributed by atoms with Gasteiger partial charge in [-0.25, -0.2) is 9.07 Å². The van der Waals surface area contributed by atoms with Gasteiger partial charge in [-0.05, 0) is 25.0 Å². The van der Waals surface area contributed by atoms with E-state index in [9.17, 15) is 4.39 Å². The summed E-state index contributed by atoms with van der Waals surface area (Å²) >= 11 is 0. The molecule has 1 heterocycles. The van der Waals surface area contributed by atoms with Crippen LogP contribution < -0.4 is 10.1 Å². The molecule has 0 amide bonds. The lowest BCUT2D eigenvalue weighted by Crippen LogP contribution is -2.18. The van der Waals surface area contributed by atoms with E-state index in [0.717, 1.165) is 5.69 Å². The molecule has 0 atom stereocenters. The van der Waals surface area contributed by atoms with Crippen molar-refractivity contribution in [1.29, 1.82) is 0 Å². The van der Waals surface area contributed by atoms with Gasteiger partial charge in [0.05, 0.1) is 19.0 Å². The number of nitrogens with zero attached hydrogens (tertiary/aromatic N) is 3. The fourth-order valence-electron chi connectivity index (χ4n) is 1.90. The monoisotopic (exact) mass is 262 g/mol. The van der Waals surface area contributed by atoms with Crippen molar-refractivity contribution in [2.75, 3.05) is 7.11 Å². The third-order valence-electron chi connectivity index (χ3n) is 3.15. The first-order chi connectivity index (χ1) is 9.28. The molecule has 0 aliphatic heterocycles. The quantitative estimate of drug-likeness (QED) is 0.890. The van der Waals surface area contributed by atoms with Crippen molar-refractivity contribution in [3.63, 3.8) is 0 Å². The molecule has 1 aliphatic rings. The molecular weight excluding hydrogens is 247 g/mol. The summed E-state index contributed by atoms with van der Waals surface area (Å²) in [6, 6.07) is 5.15. The van der Waals surface area contributed by atoms with E-state index < -0.39 is 0 Å². The number of nitrogens with one attached hydrogen (secondary N) is 1. The summed E-state index contributed by atoms with van der Waals surface area (Å²) in [6.45, 7) is 0.633. The Bertz CT molecular complexity index is 580. The van der Waals surface area contributed by atoms with Gasteiger partial charge in [-0.1, -0.05) is 5.21 Å². The first-order valence-electron chi connectivity index (χ1n) is 6.25. The Balaban J connectivity index is 1.89. The zero-order chi connectivity index (χ0) is 13.2. The minimum atomic E-state index is -0.348. The van der Waals surface area contributed by atoms with E-state index >= 15 is 0 Å². The molecule has 6 heteroatoms. The number of halogens is 1. The molecule has 2 aromatic rings. The van der Waals surface area contributed by atoms with Gasteiger partial charge in [-0.3, -0.25) is 0 Å². The highest BCUT2D eigenvalue weighted by Gasteiger charge is 2.21. The second-order valence-electron chi connectivity index (χ2n) is 4.61. The van der Waals surface area contributed by atoms with Crippen LogP contribution in [0.25, 0.3) is 5.69 Å². The van der Waals surface area contributed by atoms with Crippen LogP contribution in [-0.4, -0.2) is 28.1 Å². The van der Waals surface area contributed by atoms with Crippen molar-refractivity contribution < 1.29 is 9.13 Å². The van der Waals surface area contributed by atoms with Crippen LogP contribution >= 0.6 is 0 Å². The standard InChI is InChI=1S/C13H15FN4O/c1-19-11-4-5-12(14)13(6-11)18-10(8-16-17-18)7-15-9-2-3-9/h4-6,8-9,15H,2-3,7H2,1H3. The Kier molecular flexibility index (Phi) is 3.16. The average Bonchev–Trinajstić information content (AvgIpc) is 3.15. The summed E-state index contributed by atoms with van der Waals surface area (Å²) in [5.74, 6) is 0.243. The van der Waals surface area contributed by atoms with Crippen molar-refractivity contribution in [1.82, 2.24) is 20.3 Å². The van der Waals surface area contributed by atoms with E-state index in [-0.39, 0.29) is 5.82 Å². The highest BCUT2D eigenvalue weighted by atomic mass is 19.1. The maximum absolute atomic E-state index is 13.9. The van der Waals surface area contributed by atoms with E-state index in [2.05, 4.69) is 15.6 Å². The summed E-state index contributed by atoms with van der Waals surface area (Å²) in [4.78, 5) is 0. The molecule has 1 saturated carbocycles. The predicted molar refractivity (Wildman–Crippen MR) is 67.7 cm³/mol. The maximum atomic E-state index is 13.9. The Hall–Kier alpha value is -1.95. The van der Waals surface area contributed by atoms with Crippen LogP contribution in [0.1, 0.15) is 18.5 Å². The summed E-state index contributed by atoms with van der Waals surface area (Å²) in [6.07, 6.45) is 4.05. The summed E-state index contributed by atoms with van der Waals surface area (Å²) in [5.41, 5.74) is 1.18. The number of hydrogen-bond acceptors (Lipinski definition) is 4. The zero-order valence-electron chi connectivity index (χ0n) is 10.6. The zero-order valence-corrected chi connectivity index (χ0v) is 10.6. The molecule has 0 saturated heterocycles. The molecule has 1 aromatic heterocycles. The lowest BCUT2D eigenvalue weighted by molar-refractivity contribution is 0.413. The van der Waals surface area contributed by atoms with Crippen LogP contribution in [0.2, 0.25) is 0 Å². The van der Waals surface area contributed by atoms with Crippen LogP contribution in [0.15, 0.2) is 24.4 Å². The van der Waals surface area contributed by atoms with Crippen LogP contribution in [0.3, 0.4) is 0 Å². The predicted octanol–water partition coefficient (Wildman–Crippen LogP) is 1.67. The van der Waals surface area contributed by atoms with E-state index in [1.807, 2.05) is 0 Å². The Morgan fingerprint density at radius 1 is 1.47 bits per heavy atom. The molecular formula is C13H15FN4O.